The molecule has 0 unspecified atom stereocenters. The third-order valence-electron chi connectivity index (χ3n) is 3.96. The summed E-state index contributed by atoms with van der Waals surface area (Å²) in [5, 5.41) is 6.65. The Balaban J connectivity index is 1.83. The largest absolute Gasteiger partial charge is 0.416 e. The average molecular weight is 374 g/mol. The number of carbonyl (C=O) groups excluding carboxylic acids is 1. The molecule has 3 aromatic rings. The Morgan fingerprint density at radius 1 is 1.15 bits per heavy atom. The minimum atomic E-state index is -4.53. The van der Waals surface area contributed by atoms with Gasteiger partial charge in [0.15, 0.2) is 0 Å². The Morgan fingerprint density at radius 2 is 1.89 bits per heavy atom. The topological polar surface area (TPSA) is 72.9 Å². The van der Waals surface area contributed by atoms with E-state index < -0.39 is 17.6 Å². The third kappa shape index (κ3) is 4.46. The Bertz CT molecular complexity index is 936. The molecule has 140 valence electrons. The van der Waals surface area contributed by atoms with Gasteiger partial charge in [0, 0.05) is 6.54 Å². The van der Waals surface area contributed by atoms with Crippen LogP contribution in [0.5, 0.6) is 0 Å². The molecule has 1 heterocycles. The number of benzene rings is 2. The lowest BCUT2D eigenvalue weighted by molar-refractivity contribution is -0.137. The van der Waals surface area contributed by atoms with E-state index in [0.29, 0.717) is 13.0 Å². The van der Waals surface area contributed by atoms with E-state index in [0.717, 1.165) is 28.4 Å². The van der Waals surface area contributed by atoms with Gasteiger partial charge in [-0.3, -0.25) is 4.79 Å². The fourth-order valence-corrected chi connectivity index (χ4v) is 2.62. The molecular weight excluding hydrogens is 357 g/mol. The Morgan fingerprint density at radius 3 is 2.52 bits per heavy atom. The number of alkyl halides is 3. The van der Waals surface area contributed by atoms with Crippen molar-refractivity contribution in [2.45, 2.75) is 12.6 Å². The highest BCUT2D eigenvalue weighted by Crippen LogP contribution is 2.31. The summed E-state index contributed by atoms with van der Waals surface area (Å²) in [6.45, 7) is 0.352. The lowest BCUT2D eigenvalue weighted by atomic mass is 10.1. The van der Waals surface area contributed by atoms with Gasteiger partial charge >= 0.3 is 6.18 Å². The summed E-state index contributed by atoms with van der Waals surface area (Å²) >= 11 is 0. The van der Waals surface area contributed by atoms with Crippen LogP contribution in [-0.2, 0) is 12.6 Å². The molecule has 2 aromatic carbocycles. The van der Waals surface area contributed by atoms with Gasteiger partial charge in [-0.1, -0.05) is 30.3 Å². The predicted octanol–water partition coefficient (Wildman–Crippen LogP) is 3.45. The molecule has 3 rings (SSSR count). The van der Waals surface area contributed by atoms with Crippen molar-refractivity contribution >= 4 is 11.6 Å². The molecule has 0 atom stereocenters. The van der Waals surface area contributed by atoms with Crippen LogP contribution in [0, 0.1) is 0 Å². The van der Waals surface area contributed by atoms with E-state index in [9.17, 15) is 18.0 Å². The van der Waals surface area contributed by atoms with Crippen LogP contribution < -0.4 is 11.1 Å². The van der Waals surface area contributed by atoms with Gasteiger partial charge in [0.05, 0.1) is 34.9 Å². The zero-order chi connectivity index (χ0) is 19.4. The first-order valence-corrected chi connectivity index (χ1v) is 8.18. The monoisotopic (exact) mass is 374 g/mol. The minimum Gasteiger partial charge on any atom is -0.396 e. The number of nitrogens with two attached hydrogens (primary N) is 1. The van der Waals surface area contributed by atoms with Gasteiger partial charge in [-0.25, -0.2) is 4.68 Å². The Hall–Kier alpha value is -3.29. The van der Waals surface area contributed by atoms with Crippen LogP contribution in [0.15, 0.2) is 60.9 Å². The molecule has 3 N–H and O–H groups in total. The fraction of sp³-hybridized carbons (Fsp3) is 0.158. The quantitative estimate of drug-likeness (QED) is 0.719. The molecule has 1 aromatic heterocycles. The number of halogens is 3. The second-order valence-corrected chi connectivity index (χ2v) is 5.94. The molecule has 0 aliphatic carbocycles. The molecule has 0 radical (unpaired) electrons. The van der Waals surface area contributed by atoms with E-state index in [1.807, 2.05) is 30.3 Å². The highest BCUT2D eigenvalue weighted by Gasteiger charge is 2.32. The average Bonchev–Trinajstić information content (AvgIpc) is 3.07. The lowest BCUT2D eigenvalue weighted by Crippen LogP contribution is -2.27. The number of nitrogen functional groups attached to an aromatic ring is 1. The Kier molecular flexibility index (Phi) is 5.16. The van der Waals surface area contributed by atoms with Gasteiger partial charge in [-0.05, 0) is 30.2 Å². The zero-order valence-electron chi connectivity index (χ0n) is 14.2. The summed E-state index contributed by atoms with van der Waals surface area (Å²) in [7, 11) is 0. The predicted molar refractivity (Wildman–Crippen MR) is 95.5 cm³/mol. The first kappa shape index (κ1) is 18.5. The Labute approximate surface area is 153 Å². The van der Waals surface area contributed by atoms with Gasteiger partial charge < -0.3 is 11.1 Å². The number of nitrogens with zero attached hydrogens (tertiary/aromatic N) is 2. The summed E-state index contributed by atoms with van der Waals surface area (Å²) in [5.41, 5.74) is 6.16. The lowest BCUT2D eigenvalue weighted by Gasteiger charge is -2.14. The maximum absolute atomic E-state index is 13.1. The van der Waals surface area contributed by atoms with Crippen molar-refractivity contribution in [1.29, 1.82) is 0 Å². The molecule has 8 heteroatoms. The van der Waals surface area contributed by atoms with Crippen LogP contribution in [0.3, 0.4) is 0 Å². The van der Waals surface area contributed by atoms with E-state index in [-0.39, 0.29) is 16.9 Å². The summed E-state index contributed by atoms with van der Waals surface area (Å²) in [6.07, 6.45) is -1.26. The van der Waals surface area contributed by atoms with Gasteiger partial charge in [0.1, 0.15) is 0 Å². The second kappa shape index (κ2) is 7.53. The summed E-state index contributed by atoms with van der Waals surface area (Å²) in [4.78, 5) is 12.5. The summed E-state index contributed by atoms with van der Waals surface area (Å²) < 4.78 is 40.3. The van der Waals surface area contributed by atoms with Crippen molar-refractivity contribution in [1.82, 2.24) is 15.1 Å². The number of aromatic nitrogens is 2. The molecule has 1 amide bonds. The smallest absolute Gasteiger partial charge is 0.396 e. The molecule has 0 fully saturated rings. The molecule has 5 nitrogen and oxygen atoms in total. The number of hydrogen-bond donors (Lipinski definition) is 2. The third-order valence-corrected chi connectivity index (χ3v) is 3.96. The second-order valence-electron chi connectivity index (χ2n) is 5.94. The number of hydrogen-bond acceptors (Lipinski definition) is 3. The molecule has 0 bridgehead atoms. The highest BCUT2D eigenvalue weighted by atomic mass is 19.4. The summed E-state index contributed by atoms with van der Waals surface area (Å²) in [6, 6.07) is 12.5. The van der Waals surface area contributed by atoms with E-state index >= 15 is 0 Å². The number of amides is 1. The van der Waals surface area contributed by atoms with Crippen LogP contribution in [0.1, 0.15) is 21.5 Å². The van der Waals surface area contributed by atoms with Crippen molar-refractivity contribution in [3.05, 3.63) is 77.6 Å². The van der Waals surface area contributed by atoms with Crippen LogP contribution >= 0.6 is 0 Å². The SMILES string of the molecule is Nc1cnn(-c2cc(C(F)(F)F)ccc2C(=O)NCCc2ccccc2)c1. The van der Waals surface area contributed by atoms with Crippen molar-refractivity contribution in [3.8, 4) is 5.69 Å². The van der Waals surface area contributed by atoms with Crippen LogP contribution in [0.2, 0.25) is 0 Å². The maximum atomic E-state index is 13.1. The standard InChI is InChI=1S/C19H17F3N4O/c20-19(21,22)14-6-7-16(17(10-14)26-12-15(23)11-25-26)18(27)24-9-8-13-4-2-1-3-5-13/h1-7,10-12H,8-9,23H2,(H,24,27). The summed E-state index contributed by atoms with van der Waals surface area (Å²) in [5.74, 6) is -0.483. The normalized spacial score (nSPS) is 11.4. The maximum Gasteiger partial charge on any atom is 0.416 e. The fourth-order valence-electron chi connectivity index (χ4n) is 2.62. The van der Waals surface area contributed by atoms with E-state index in [2.05, 4.69) is 10.4 Å². The van der Waals surface area contributed by atoms with Crippen LogP contribution in [0.25, 0.3) is 5.69 Å². The van der Waals surface area contributed by atoms with E-state index in [1.165, 1.54) is 12.4 Å². The first-order valence-electron chi connectivity index (χ1n) is 8.18. The van der Waals surface area contributed by atoms with Gasteiger partial charge in [-0.15, -0.1) is 0 Å². The van der Waals surface area contributed by atoms with Crippen molar-refractivity contribution in [2.75, 3.05) is 12.3 Å². The molecule has 0 saturated carbocycles. The van der Waals surface area contributed by atoms with Crippen LogP contribution in [-0.4, -0.2) is 22.2 Å². The first-order chi connectivity index (χ1) is 12.8. The number of carbonyl (C=O) groups is 1. The molecule has 0 aliphatic heterocycles. The molecule has 0 saturated heterocycles. The van der Waals surface area contributed by atoms with Crippen molar-refractivity contribution < 1.29 is 18.0 Å². The number of anilines is 1. The van der Waals surface area contributed by atoms with Gasteiger partial charge in [0.2, 0.25) is 0 Å². The minimum absolute atomic E-state index is 0.0127. The van der Waals surface area contributed by atoms with E-state index in [4.69, 9.17) is 5.73 Å². The van der Waals surface area contributed by atoms with Crippen LogP contribution in [0.4, 0.5) is 18.9 Å². The number of nitrogens with one attached hydrogen (secondary N) is 1. The van der Waals surface area contributed by atoms with E-state index in [1.54, 1.807) is 0 Å². The zero-order valence-corrected chi connectivity index (χ0v) is 14.2. The van der Waals surface area contributed by atoms with Gasteiger partial charge in [0.25, 0.3) is 5.91 Å². The van der Waals surface area contributed by atoms with Crippen molar-refractivity contribution in [2.24, 2.45) is 0 Å². The number of rotatable bonds is 5. The molecule has 0 spiro atoms. The van der Waals surface area contributed by atoms with Gasteiger partial charge in [-0.2, -0.15) is 18.3 Å². The molecule has 0 aliphatic rings. The molecular formula is C19H17F3N4O. The van der Waals surface area contributed by atoms with Crippen molar-refractivity contribution in [3.63, 3.8) is 0 Å². The highest BCUT2D eigenvalue weighted by molar-refractivity contribution is 5.97. The molecule has 27 heavy (non-hydrogen) atoms.